The lowest BCUT2D eigenvalue weighted by Crippen LogP contribution is -2.21. The third kappa shape index (κ3) is 2.45. The fourth-order valence-corrected chi connectivity index (χ4v) is 2.13. The molecule has 0 spiro atoms. The minimum absolute atomic E-state index is 0.0390. The standard InChI is InChI=1S/C11H15ClN4O2/c1-7-4-9-10(11(12)13-7)14-15-16(9)8(5-17-2)6-18-3/h4,8H,5-6H2,1-3H3. The molecule has 2 aromatic heterocycles. The molecule has 0 fully saturated rings. The van der Waals surface area contributed by atoms with Crippen LogP contribution in [-0.2, 0) is 9.47 Å². The number of hydrogen-bond donors (Lipinski definition) is 0. The van der Waals surface area contributed by atoms with E-state index in [0.717, 1.165) is 11.2 Å². The Balaban J connectivity index is 2.49. The SMILES string of the molecule is COCC(COC)n1nnc2c(Cl)nc(C)cc21. The highest BCUT2D eigenvalue weighted by atomic mass is 35.5. The van der Waals surface area contributed by atoms with E-state index in [4.69, 9.17) is 21.1 Å². The molecule has 0 aliphatic rings. The molecule has 0 unspecified atom stereocenters. The second kappa shape index (κ2) is 5.60. The van der Waals surface area contributed by atoms with Gasteiger partial charge >= 0.3 is 0 Å². The fraction of sp³-hybridized carbons (Fsp3) is 0.545. The number of aromatic nitrogens is 4. The maximum atomic E-state index is 6.05. The van der Waals surface area contributed by atoms with Gasteiger partial charge in [-0.25, -0.2) is 9.67 Å². The van der Waals surface area contributed by atoms with Crippen molar-refractivity contribution in [2.45, 2.75) is 13.0 Å². The molecular weight excluding hydrogens is 256 g/mol. The maximum absolute atomic E-state index is 6.05. The normalized spacial score (nSPS) is 11.6. The summed E-state index contributed by atoms with van der Waals surface area (Å²) >= 11 is 6.05. The van der Waals surface area contributed by atoms with Gasteiger partial charge in [0.1, 0.15) is 11.6 Å². The predicted octanol–water partition coefficient (Wildman–Crippen LogP) is 1.62. The van der Waals surface area contributed by atoms with Crippen molar-refractivity contribution in [2.75, 3.05) is 27.4 Å². The van der Waals surface area contributed by atoms with Crippen molar-refractivity contribution in [2.24, 2.45) is 0 Å². The van der Waals surface area contributed by atoms with Gasteiger partial charge in [0.2, 0.25) is 0 Å². The molecule has 0 aliphatic carbocycles. The Morgan fingerprint density at radius 1 is 1.33 bits per heavy atom. The summed E-state index contributed by atoms with van der Waals surface area (Å²) in [5.41, 5.74) is 2.26. The number of rotatable bonds is 5. The van der Waals surface area contributed by atoms with Crippen LogP contribution in [0.1, 0.15) is 11.7 Å². The number of hydrogen-bond acceptors (Lipinski definition) is 5. The van der Waals surface area contributed by atoms with Crippen molar-refractivity contribution in [3.05, 3.63) is 16.9 Å². The molecule has 0 amide bonds. The summed E-state index contributed by atoms with van der Waals surface area (Å²) in [7, 11) is 3.28. The number of ether oxygens (including phenoxy) is 2. The summed E-state index contributed by atoms with van der Waals surface area (Å²) in [4.78, 5) is 4.15. The molecule has 0 atom stereocenters. The number of nitrogens with zero attached hydrogens (tertiary/aromatic N) is 4. The predicted molar refractivity (Wildman–Crippen MR) is 67.9 cm³/mol. The average Bonchev–Trinajstić information content (AvgIpc) is 2.72. The first kappa shape index (κ1) is 13.2. The van der Waals surface area contributed by atoms with E-state index >= 15 is 0 Å². The number of fused-ring (bicyclic) bond motifs is 1. The van der Waals surface area contributed by atoms with Crippen LogP contribution in [0.2, 0.25) is 5.15 Å². The highest BCUT2D eigenvalue weighted by molar-refractivity contribution is 6.33. The molecule has 2 heterocycles. The van der Waals surface area contributed by atoms with Gasteiger partial charge in [0.05, 0.1) is 18.7 Å². The van der Waals surface area contributed by atoms with Crippen molar-refractivity contribution in [1.82, 2.24) is 20.0 Å². The van der Waals surface area contributed by atoms with Crippen LogP contribution in [0.3, 0.4) is 0 Å². The Labute approximate surface area is 110 Å². The number of pyridine rings is 1. The Morgan fingerprint density at radius 2 is 2.00 bits per heavy atom. The molecule has 18 heavy (non-hydrogen) atoms. The smallest absolute Gasteiger partial charge is 0.159 e. The third-order valence-electron chi connectivity index (χ3n) is 2.61. The first-order valence-corrected chi connectivity index (χ1v) is 5.91. The summed E-state index contributed by atoms with van der Waals surface area (Å²) in [5.74, 6) is 0. The van der Waals surface area contributed by atoms with Gasteiger partial charge in [-0.3, -0.25) is 0 Å². The van der Waals surface area contributed by atoms with Crippen molar-refractivity contribution >= 4 is 22.6 Å². The molecule has 0 aromatic carbocycles. The largest absolute Gasteiger partial charge is 0.382 e. The third-order valence-corrected chi connectivity index (χ3v) is 2.87. The molecule has 7 heteroatoms. The van der Waals surface area contributed by atoms with Crippen LogP contribution in [-0.4, -0.2) is 47.4 Å². The topological polar surface area (TPSA) is 62.1 Å². The molecule has 2 rings (SSSR count). The lowest BCUT2D eigenvalue weighted by molar-refractivity contribution is 0.0850. The van der Waals surface area contributed by atoms with E-state index in [1.54, 1.807) is 18.9 Å². The monoisotopic (exact) mass is 270 g/mol. The quantitative estimate of drug-likeness (QED) is 0.773. The van der Waals surface area contributed by atoms with Crippen molar-refractivity contribution in [3.8, 4) is 0 Å². The van der Waals surface area contributed by atoms with Crippen LogP contribution in [0.25, 0.3) is 11.0 Å². The molecule has 0 saturated carbocycles. The molecule has 98 valence electrons. The van der Waals surface area contributed by atoms with E-state index in [9.17, 15) is 0 Å². The van der Waals surface area contributed by atoms with E-state index in [1.807, 2.05) is 13.0 Å². The number of halogens is 1. The second-order valence-electron chi connectivity index (χ2n) is 4.02. The van der Waals surface area contributed by atoms with Crippen molar-refractivity contribution < 1.29 is 9.47 Å². The average molecular weight is 271 g/mol. The van der Waals surface area contributed by atoms with Crippen molar-refractivity contribution in [3.63, 3.8) is 0 Å². The van der Waals surface area contributed by atoms with E-state index in [0.29, 0.717) is 23.9 Å². The van der Waals surface area contributed by atoms with Crippen LogP contribution < -0.4 is 0 Å². The van der Waals surface area contributed by atoms with Crippen LogP contribution in [0, 0.1) is 6.92 Å². The summed E-state index contributed by atoms with van der Waals surface area (Å²) in [5, 5.41) is 8.53. The van der Waals surface area contributed by atoms with E-state index in [1.165, 1.54) is 0 Å². The first-order chi connectivity index (χ1) is 8.67. The Bertz CT molecular complexity index is 537. The molecule has 0 radical (unpaired) electrons. The van der Waals surface area contributed by atoms with Gasteiger partial charge < -0.3 is 9.47 Å². The fourth-order valence-electron chi connectivity index (χ4n) is 1.86. The first-order valence-electron chi connectivity index (χ1n) is 5.53. The van der Waals surface area contributed by atoms with Gasteiger partial charge in [-0.15, -0.1) is 5.10 Å². The molecule has 0 bridgehead atoms. The Kier molecular flexibility index (Phi) is 4.11. The summed E-state index contributed by atoms with van der Waals surface area (Å²) in [6.07, 6.45) is 0. The summed E-state index contributed by atoms with van der Waals surface area (Å²) in [6.45, 7) is 2.86. The maximum Gasteiger partial charge on any atom is 0.159 e. The molecule has 0 aliphatic heterocycles. The van der Waals surface area contributed by atoms with E-state index < -0.39 is 0 Å². The van der Waals surface area contributed by atoms with Gasteiger partial charge in [0.25, 0.3) is 0 Å². The number of methoxy groups -OCH3 is 2. The zero-order valence-electron chi connectivity index (χ0n) is 10.6. The van der Waals surface area contributed by atoms with Gasteiger partial charge in [0, 0.05) is 19.9 Å². The lowest BCUT2D eigenvalue weighted by atomic mass is 10.3. The Hall–Kier alpha value is -1.24. The second-order valence-corrected chi connectivity index (χ2v) is 4.38. The van der Waals surface area contributed by atoms with Crippen LogP contribution >= 0.6 is 11.6 Å². The summed E-state index contributed by atoms with van der Waals surface area (Å²) < 4.78 is 12.1. The lowest BCUT2D eigenvalue weighted by Gasteiger charge is -2.15. The Morgan fingerprint density at radius 3 is 2.61 bits per heavy atom. The van der Waals surface area contributed by atoms with Gasteiger partial charge in [-0.05, 0) is 13.0 Å². The van der Waals surface area contributed by atoms with Gasteiger partial charge in [0.15, 0.2) is 5.15 Å². The minimum Gasteiger partial charge on any atom is -0.382 e. The minimum atomic E-state index is -0.0390. The molecule has 0 saturated heterocycles. The van der Waals surface area contributed by atoms with Crippen LogP contribution in [0.5, 0.6) is 0 Å². The van der Waals surface area contributed by atoms with Crippen LogP contribution in [0.15, 0.2) is 6.07 Å². The zero-order chi connectivity index (χ0) is 13.1. The van der Waals surface area contributed by atoms with E-state index in [-0.39, 0.29) is 6.04 Å². The molecular formula is C11H15ClN4O2. The van der Waals surface area contributed by atoms with Gasteiger partial charge in [-0.2, -0.15) is 0 Å². The molecule has 6 nitrogen and oxygen atoms in total. The van der Waals surface area contributed by atoms with Crippen LogP contribution in [0.4, 0.5) is 0 Å². The highest BCUT2D eigenvalue weighted by Crippen LogP contribution is 2.22. The number of aryl methyl sites for hydroxylation is 1. The summed E-state index contributed by atoms with van der Waals surface area (Å²) in [6, 6.07) is 1.86. The highest BCUT2D eigenvalue weighted by Gasteiger charge is 2.18. The van der Waals surface area contributed by atoms with Gasteiger partial charge in [-0.1, -0.05) is 16.8 Å². The molecule has 2 aromatic rings. The van der Waals surface area contributed by atoms with Crippen molar-refractivity contribution in [1.29, 1.82) is 0 Å². The van der Waals surface area contributed by atoms with E-state index in [2.05, 4.69) is 15.3 Å². The molecule has 0 N–H and O–H groups in total. The zero-order valence-corrected chi connectivity index (χ0v) is 11.3.